The van der Waals surface area contributed by atoms with Gasteiger partial charge in [0.2, 0.25) is 0 Å². The SMILES string of the molecule is CCc1ccc([C@@H]2NC(=O)c3[nH]nc(-c4cccc(OC)c4)c32)cc1. The van der Waals surface area contributed by atoms with Gasteiger partial charge in [0.25, 0.3) is 5.91 Å². The molecule has 0 spiro atoms. The molecule has 0 bridgehead atoms. The molecule has 0 unspecified atom stereocenters. The molecular weight excluding hydrogens is 314 g/mol. The standard InChI is InChI=1S/C20H19N3O2/c1-3-12-7-9-13(10-8-12)17-16-18(22-23-19(16)20(24)21-17)14-5-4-6-15(11-14)25-2/h4-11,17H,3H2,1-2H3,(H,21,24)(H,22,23)/t17-/m0/s1. The first-order valence-corrected chi connectivity index (χ1v) is 8.33. The first kappa shape index (κ1) is 15.4. The van der Waals surface area contributed by atoms with Crippen molar-refractivity contribution >= 4 is 5.91 Å². The number of carbonyl (C=O) groups excluding carboxylic acids is 1. The minimum absolute atomic E-state index is 0.124. The van der Waals surface area contributed by atoms with Gasteiger partial charge in [-0.2, -0.15) is 5.10 Å². The van der Waals surface area contributed by atoms with E-state index in [1.807, 2.05) is 24.3 Å². The molecule has 25 heavy (non-hydrogen) atoms. The maximum atomic E-state index is 12.3. The molecule has 1 amide bonds. The lowest BCUT2D eigenvalue weighted by Gasteiger charge is -2.14. The van der Waals surface area contributed by atoms with Gasteiger partial charge >= 0.3 is 0 Å². The summed E-state index contributed by atoms with van der Waals surface area (Å²) in [4.78, 5) is 12.3. The van der Waals surface area contributed by atoms with E-state index >= 15 is 0 Å². The summed E-state index contributed by atoms with van der Waals surface area (Å²) in [7, 11) is 1.64. The van der Waals surface area contributed by atoms with E-state index < -0.39 is 0 Å². The van der Waals surface area contributed by atoms with Crippen molar-refractivity contribution in [2.75, 3.05) is 7.11 Å². The second-order valence-electron chi connectivity index (χ2n) is 6.09. The Kier molecular flexibility index (Phi) is 3.76. The van der Waals surface area contributed by atoms with Gasteiger partial charge in [-0.05, 0) is 29.7 Å². The summed E-state index contributed by atoms with van der Waals surface area (Å²) in [5.74, 6) is 0.636. The quantitative estimate of drug-likeness (QED) is 0.768. The normalized spacial score (nSPS) is 15.8. The van der Waals surface area contributed by atoms with Crippen LogP contribution in [-0.4, -0.2) is 23.2 Å². The van der Waals surface area contributed by atoms with Gasteiger partial charge in [-0.15, -0.1) is 0 Å². The molecule has 2 aromatic carbocycles. The first-order chi connectivity index (χ1) is 12.2. The predicted octanol–water partition coefficient (Wildman–Crippen LogP) is 3.48. The van der Waals surface area contributed by atoms with Crippen molar-refractivity contribution in [3.63, 3.8) is 0 Å². The lowest BCUT2D eigenvalue weighted by molar-refractivity contribution is 0.0955. The van der Waals surface area contributed by atoms with Crippen LogP contribution in [0.4, 0.5) is 0 Å². The number of aromatic amines is 1. The number of amides is 1. The van der Waals surface area contributed by atoms with E-state index in [2.05, 4.69) is 46.7 Å². The zero-order valence-electron chi connectivity index (χ0n) is 14.2. The van der Waals surface area contributed by atoms with Gasteiger partial charge in [0.15, 0.2) is 0 Å². The van der Waals surface area contributed by atoms with E-state index in [4.69, 9.17) is 4.74 Å². The fraction of sp³-hybridized carbons (Fsp3) is 0.200. The van der Waals surface area contributed by atoms with Crippen molar-refractivity contribution in [2.45, 2.75) is 19.4 Å². The topological polar surface area (TPSA) is 67.0 Å². The predicted molar refractivity (Wildman–Crippen MR) is 95.7 cm³/mol. The zero-order valence-corrected chi connectivity index (χ0v) is 14.2. The van der Waals surface area contributed by atoms with Gasteiger partial charge in [-0.25, -0.2) is 0 Å². The van der Waals surface area contributed by atoms with Crippen molar-refractivity contribution in [2.24, 2.45) is 0 Å². The summed E-state index contributed by atoms with van der Waals surface area (Å²) in [5.41, 5.74) is 5.44. The van der Waals surface area contributed by atoms with E-state index in [9.17, 15) is 4.79 Å². The van der Waals surface area contributed by atoms with Crippen LogP contribution in [-0.2, 0) is 6.42 Å². The molecule has 126 valence electrons. The summed E-state index contributed by atoms with van der Waals surface area (Å²) >= 11 is 0. The van der Waals surface area contributed by atoms with E-state index in [1.54, 1.807) is 7.11 Å². The van der Waals surface area contributed by atoms with E-state index in [-0.39, 0.29) is 11.9 Å². The zero-order chi connectivity index (χ0) is 17.4. The molecule has 1 aromatic heterocycles. The van der Waals surface area contributed by atoms with Crippen LogP contribution in [0, 0.1) is 0 Å². The molecule has 5 heteroatoms. The highest BCUT2D eigenvalue weighted by atomic mass is 16.5. The molecular formula is C20H19N3O2. The van der Waals surface area contributed by atoms with Crippen molar-refractivity contribution in [1.82, 2.24) is 15.5 Å². The van der Waals surface area contributed by atoms with Crippen LogP contribution in [0.2, 0.25) is 0 Å². The molecule has 0 radical (unpaired) electrons. The number of aryl methyl sites for hydroxylation is 1. The third-order valence-corrected chi connectivity index (χ3v) is 4.66. The molecule has 4 rings (SSSR count). The van der Waals surface area contributed by atoms with Gasteiger partial charge in [0.05, 0.1) is 18.8 Å². The molecule has 0 fully saturated rings. The molecule has 0 saturated carbocycles. The fourth-order valence-corrected chi connectivity index (χ4v) is 3.27. The van der Waals surface area contributed by atoms with Gasteiger partial charge in [-0.3, -0.25) is 9.89 Å². The van der Waals surface area contributed by atoms with Crippen LogP contribution in [0.1, 0.15) is 40.1 Å². The molecule has 1 aliphatic heterocycles. The van der Waals surface area contributed by atoms with E-state index in [0.29, 0.717) is 5.69 Å². The number of nitrogens with zero attached hydrogens (tertiary/aromatic N) is 1. The van der Waals surface area contributed by atoms with Crippen LogP contribution >= 0.6 is 0 Å². The van der Waals surface area contributed by atoms with Crippen LogP contribution in [0.15, 0.2) is 48.5 Å². The van der Waals surface area contributed by atoms with Crippen LogP contribution < -0.4 is 10.1 Å². The van der Waals surface area contributed by atoms with Crippen molar-refractivity contribution in [3.05, 3.63) is 70.9 Å². The van der Waals surface area contributed by atoms with Crippen molar-refractivity contribution < 1.29 is 9.53 Å². The third kappa shape index (κ3) is 2.58. The van der Waals surface area contributed by atoms with E-state index in [0.717, 1.165) is 34.6 Å². The Labute approximate surface area is 146 Å². The molecule has 1 atom stereocenters. The monoisotopic (exact) mass is 333 g/mol. The Hall–Kier alpha value is -3.08. The number of rotatable bonds is 4. The maximum absolute atomic E-state index is 12.3. The summed E-state index contributed by atoms with van der Waals surface area (Å²) in [6, 6.07) is 15.9. The second-order valence-corrected chi connectivity index (χ2v) is 6.09. The molecule has 2 N–H and O–H groups in total. The van der Waals surface area contributed by atoms with Gasteiger partial charge in [0, 0.05) is 11.1 Å². The number of benzene rings is 2. The number of aromatic nitrogens is 2. The number of ether oxygens (including phenoxy) is 1. The highest BCUT2D eigenvalue weighted by Crippen LogP contribution is 2.37. The molecule has 0 saturated heterocycles. The lowest BCUT2D eigenvalue weighted by Crippen LogP contribution is -2.21. The molecule has 5 nitrogen and oxygen atoms in total. The number of hydrogen-bond acceptors (Lipinski definition) is 3. The number of H-pyrrole nitrogens is 1. The number of methoxy groups -OCH3 is 1. The van der Waals surface area contributed by atoms with Crippen LogP contribution in [0.3, 0.4) is 0 Å². The molecule has 2 heterocycles. The number of carbonyl (C=O) groups is 1. The molecule has 3 aromatic rings. The largest absolute Gasteiger partial charge is 0.497 e. The van der Waals surface area contributed by atoms with Gasteiger partial charge in [-0.1, -0.05) is 43.3 Å². The van der Waals surface area contributed by atoms with Crippen molar-refractivity contribution in [1.29, 1.82) is 0 Å². The summed E-state index contributed by atoms with van der Waals surface area (Å²) < 4.78 is 5.31. The Morgan fingerprint density at radius 3 is 2.68 bits per heavy atom. The number of fused-ring (bicyclic) bond motifs is 1. The minimum atomic E-state index is -0.201. The average molecular weight is 333 g/mol. The van der Waals surface area contributed by atoms with E-state index in [1.165, 1.54) is 5.56 Å². The van der Waals surface area contributed by atoms with Crippen LogP contribution in [0.25, 0.3) is 11.3 Å². The summed E-state index contributed by atoms with van der Waals surface area (Å²) in [6.45, 7) is 2.13. The molecule has 0 aliphatic carbocycles. The highest BCUT2D eigenvalue weighted by Gasteiger charge is 2.35. The highest BCUT2D eigenvalue weighted by molar-refractivity contribution is 6.00. The Morgan fingerprint density at radius 2 is 1.96 bits per heavy atom. The Bertz CT molecular complexity index is 928. The third-order valence-electron chi connectivity index (χ3n) is 4.66. The fourth-order valence-electron chi connectivity index (χ4n) is 3.27. The summed E-state index contributed by atoms with van der Waals surface area (Å²) in [5, 5.41) is 10.3. The van der Waals surface area contributed by atoms with Gasteiger partial charge in [0.1, 0.15) is 11.4 Å². The van der Waals surface area contributed by atoms with Crippen molar-refractivity contribution in [3.8, 4) is 17.0 Å². The number of nitrogens with one attached hydrogen (secondary N) is 2. The lowest BCUT2D eigenvalue weighted by atomic mass is 9.96. The number of hydrogen-bond donors (Lipinski definition) is 2. The average Bonchev–Trinajstić information content (AvgIpc) is 3.23. The molecule has 1 aliphatic rings. The maximum Gasteiger partial charge on any atom is 0.270 e. The van der Waals surface area contributed by atoms with Gasteiger partial charge < -0.3 is 10.1 Å². The van der Waals surface area contributed by atoms with Crippen LogP contribution in [0.5, 0.6) is 5.75 Å². The summed E-state index contributed by atoms with van der Waals surface area (Å²) in [6.07, 6.45) is 0.989. The Morgan fingerprint density at radius 1 is 1.16 bits per heavy atom. The Balaban J connectivity index is 1.80. The first-order valence-electron chi connectivity index (χ1n) is 8.33. The second kappa shape index (κ2) is 6.09. The minimum Gasteiger partial charge on any atom is -0.497 e. The smallest absolute Gasteiger partial charge is 0.270 e.